The lowest BCUT2D eigenvalue weighted by atomic mass is 10.0. The third-order valence-electron chi connectivity index (χ3n) is 16.4. The molecule has 0 amide bonds. The molecule has 5 atom stereocenters. The van der Waals surface area contributed by atoms with Crippen LogP contribution in [0.3, 0.4) is 0 Å². The second-order valence-electron chi connectivity index (χ2n) is 25.9. The summed E-state index contributed by atoms with van der Waals surface area (Å²) >= 11 is 0. The standard InChI is InChI=1S/C79H140O17P2/c1-5-9-13-17-21-25-29-32-34-36-38-41-44-47-51-55-59-63-76(81)89-69-74(95-78(83)65-61-57-53-49-43-28-24-20-16-12-8-4)71-93-97(85,86)91-67-73(80)68-92-98(87,88)94-72-75(96-79(84)66-62-58-54-50-46-40-31-27-23-19-15-11-7-3)70-90-77(82)64-60-56-52-48-45-42-39-37-35-33-30-26-22-18-14-10-6-2/h9-10,13-14,21-22,25-26,32-35,39,42,73-75,80H,5-8,11-12,15-20,23-24,27-31,36-38,40-41,43-72H2,1-4H3,(H,85,86)(H,87,88)/b13-9-,14-10-,25-21-,26-22-,34-32-,35-33-,42-39-. The van der Waals surface area contributed by atoms with E-state index >= 15 is 0 Å². The number of unbranched alkanes of at least 4 members (excludes halogenated alkanes) is 33. The van der Waals surface area contributed by atoms with Gasteiger partial charge in [0.2, 0.25) is 0 Å². The Morgan fingerprint density at radius 2 is 0.531 bits per heavy atom. The van der Waals surface area contributed by atoms with Crippen LogP contribution in [0.2, 0.25) is 0 Å². The fourth-order valence-electron chi connectivity index (χ4n) is 10.5. The number of phosphoric ester groups is 2. The van der Waals surface area contributed by atoms with Gasteiger partial charge in [-0.25, -0.2) is 9.13 Å². The topological polar surface area (TPSA) is 237 Å². The minimum atomic E-state index is -4.97. The summed E-state index contributed by atoms with van der Waals surface area (Å²) in [5.74, 6) is -2.19. The molecule has 98 heavy (non-hydrogen) atoms. The lowest BCUT2D eigenvalue weighted by Gasteiger charge is -2.21. The largest absolute Gasteiger partial charge is 0.472 e. The Bertz CT molecular complexity index is 2190. The van der Waals surface area contributed by atoms with Crippen molar-refractivity contribution in [3.8, 4) is 0 Å². The first-order valence-electron chi connectivity index (χ1n) is 38.8. The highest BCUT2D eigenvalue weighted by Gasteiger charge is 2.30. The molecule has 0 aromatic carbocycles. The number of hydrogen-bond donors (Lipinski definition) is 3. The highest BCUT2D eigenvalue weighted by atomic mass is 31.2. The van der Waals surface area contributed by atoms with Crippen molar-refractivity contribution in [2.45, 2.75) is 354 Å². The molecule has 0 fully saturated rings. The Kier molecular flexibility index (Phi) is 68.9. The lowest BCUT2D eigenvalue weighted by Crippen LogP contribution is -2.30. The van der Waals surface area contributed by atoms with Gasteiger partial charge in [-0.15, -0.1) is 0 Å². The Morgan fingerprint density at radius 1 is 0.296 bits per heavy atom. The third kappa shape index (κ3) is 70.7. The number of aliphatic hydroxyl groups is 1. The van der Waals surface area contributed by atoms with E-state index < -0.39 is 97.5 Å². The number of rotatable bonds is 73. The molecule has 0 aliphatic heterocycles. The van der Waals surface area contributed by atoms with Crippen molar-refractivity contribution < 1.29 is 80.2 Å². The van der Waals surface area contributed by atoms with Crippen molar-refractivity contribution in [3.05, 3.63) is 85.1 Å². The minimum Gasteiger partial charge on any atom is -0.462 e. The molecule has 0 aromatic rings. The van der Waals surface area contributed by atoms with Crippen molar-refractivity contribution >= 4 is 39.5 Å². The van der Waals surface area contributed by atoms with E-state index in [4.69, 9.17) is 37.0 Å². The van der Waals surface area contributed by atoms with E-state index in [2.05, 4.69) is 113 Å². The molecule has 0 saturated carbocycles. The molecule has 0 rings (SSSR count). The van der Waals surface area contributed by atoms with Crippen molar-refractivity contribution in [1.82, 2.24) is 0 Å². The summed E-state index contributed by atoms with van der Waals surface area (Å²) in [6.07, 6.45) is 72.8. The maximum Gasteiger partial charge on any atom is 0.472 e. The van der Waals surface area contributed by atoms with E-state index in [1.54, 1.807) is 0 Å². The molecular weight excluding hydrogens is 1280 g/mol. The van der Waals surface area contributed by atoms with Gasteiger partial charge in [-0.1, -0.05) is 299 Å². The number of phosphoric acid groups is 2. The van der Waals surface area contributed by atoms with E-state index in [1.165, 1.54) is 89.9 Å². The van der Waals surface area contributed by atoms with Gasteiger partial charge in [0.05, 0.1) is 26.4 Å². The maximum absolute atomic E-state index is 13.1. The van der Waals surface area contributed by atoms with Gasteiger partial charge < -0.3 is 33.8 Å². The molecule has 0 aliphatic carbocycles. The normalized spacial score (nSPS) is 14.4. The Labute approximate surface area is 595 Å². The monoisotopic (exact) mass is 1420 g/mol. The van der Waals surface area contributed by atoms with Crippen LogP contribution in [0, 0.1) is 0 Å². The third-order valence-corrected chi connectivity index (χ3v) is 18.3. The van der Waals surface area contributed by atoms with E-state index in [0.717, 1.165) is 167 Å². The average molecular weight is 1420 g/mol. The van der Waals surface area contributed by atoms with Crippen molar-refractivity contribution in [2.24, 2.45) is 0 Å². The number of hydrogen-bond acceptors (Lipinski definition) is 15. The molecule has 3 N–H and O–H groups in total. The van der Waals surface area contributed by atoms with Gasteiger partial charge >= 0.3 is 39.5 Å². The molecule has 568 valence electrons. The van der Waals surface area contributed by atoms with Crippen molar-refractivity contribution in [3.63, 3.8) is 0 Å². The highest BCUT2D eigenvalue weighted by Crippen LogP contribution is 2.45. The summed E-state index contributed by atoms with van der Waals surface area (Å²) in [4.78, 5) is 72.8. The summed E-state index contributed by atoms with van der Waals surface area (Å²) in [5, 5.41) is 10.6. The maximum atomic E-state index is 13.1. The summed E-state index contributed by atoms with van der Waals surface area (Å²) < 4.78 is 68.5. The first kappa shape index (κ1) is 94.2. The van der Waals surface area contributed by atoms with E-state index in [1.807, 2.05) is 0 Å². The molecule has 0 aromatic heterocycles. The Morgan fingerprint density at radius 3 is 0.816 bits per heavy atom. The summed E-state index contributed by atoms with van der Waals surface area (Å²) in [6.45, 7) is 4.65. The van der Waals surface area contributed by atoms with Crippen LogP contribution in [0.15, 0.2) is 85.1 Å². The van der Waals surface area contributed by atoms with Gasteiger partial charge in [0.15, 0.2) is 12.2 Å². The minimum absolute atomic E-state index is 0.0937. The number of allylic oxidation sites excluding steroid dienone is 14. The fraction of sp³-hybridized carbons (Fsp3) is 0.772. The van der Waals surface area contributed by atoms with Gasteiger partial charge in [-0.2, -0.15) is 0 Å². The van der Waals surface area contributed by atoms with Crippen molar-refractivity contribution in [1.29, 1.82) is 0 Å². The SMILES string of the molecule is CC/C=C\C/C=C\C/C=C\C/C=C\CCCCCCC(=O)OCC(COP(=O)(O)OCC(O)COP(=O)(O)OCC(COC(=O)CCCCCCCCC/C=C\C/C=C\C/C=C\CC)OC(=O)CCCCCCCCCCCCC)OC(=O)CCCCCCCCCCCCCCC. The molecule has 19 heteroatoms. The summed E-state index contributed by atoms with van der Waals surface area (Å²) in [7, 11) is -9.94. The van der Waals surface area contributed by atoms with E-state index in [9.17, 15) is 43.2 Å². The van der Waals surface area contributed by atoms with Crippen LogP contribution < -0.4 is 0 Å². The molecule has 17 nitrogen and oxygen atoms in total. The van der Waals surface area contributed by atoms with E-state index in [0.29, 0.717) is 25.7 Å². The van der Waals surface area contributed by atoms with Crippen LogP contribution in [-0.4, -0.2) is 96.7 Å². The molecule has 0 aliphatic rings. The number of aliphatic hydroxyl groups excluding tert-OH is 1. The summed E-state index contributed by atoms with van der Waals surface area (Å²) in [6, 6.07) is 0. The predicted molar refractivity (Wildman–Crippen MR) is 399 cm³/mol. The first-order valence-corrected chi connectivity index (χ1v) is 41.8. The molecule has 0 bridgehead atoms. The number of esters is 4. The highest BCUT2D eigenvalue weighted by molar-refractivity contribution is 7.47. The fourth-order valence-corrected chi connectivity index (χ4v) is 12.1. The van der Waals surface area contributed by atoms with Crippen LogP contribution in [0.4, 0.5) is 0 Å². The van der Waals surface area contributed by atoms with Crippen LogP contribution in [0.5, 0.6) is 0 Å². The van der Waals surface area contributed by atoms with Gasteiger partial charge in [-0.3, -0.25) is 37.3 Å². The quantitative estimate of drug-likeness (QED) is 0.0169. The van der Waals surface area contributed by atoms with Crippen molar-refractivity contribution in [2.75, 3.05) is 39.6 Å². The zero-order valence-corrected chi connectivity index (χ0v) is 63.7. The molecule has 0 spiro atoms. The zero-order valence-electron chi connectivity index (χ0n) is 62.0. The number of ether oxygens (including phenoxy) is 4. The predicted octanol–water partition coefficient (Wildman–Crippen LogP) is 22.2. The number of carbonyl (C=O) groups excluding carboxylic acids is 4. The van der Waals surface area contributed by atoms with Gasteiger partial charge in [0, 0.05) is 25.7 Å². The summed E-state index contributed by atoms with van der Waals surface area (Å²) in [5.41, 5.74) is 0. The van der Waals surface area contributed by atoms with Crippen LogP contribution >= 0.6 is 15.6 Å². The lowest BCUT2D eigenvalue weighted by molar-refractivity contribution is -0.161. The smallest absolute Gasteiger partial charge is 0.462 e. The van der Waals surface area contributed by atoms with E-state index in [-0.39, 0.29) is 25.7 Å². The second-order valence-corrected chi connectivity index (χ2v) is 28.8. The number of carbonyl (C=O) groups is 4. The van der Waals surface area contributed by atoms with Gasteiger partial charge in [0.1, 0.15) is 19.3 Å². The van der Waals surface area contributed by atoms with Gasteiger partial charge in [-0.05, 0) is 96.3 Å². The van der Waals surface area contributed by atoms with Crippen LogP contribution in [-0.2, 0) is 65.4 Å². The molecule has 0 saturated heterocycles. The molecule has 5 unspecified atom stereocenters. The second kappa shape index (κ2) is 71.6. The molecule has 0 radical (unpaired) electrons. The zero-order chi connectivity index (χ0) is 71.8. The first-order chi connectivity index (χ1) is 47.7. The molecular formula is C79H140O17P2. The average Bonchev–Trinajstić information content (AvgIpc) is 0.973. The Hall–Kier alpha value is -3.76. The van der Waals surface area contributed by atoms with Gasteiger partial charge in [0.25, 0.3) is 0 Å². The Balaban J connectivity index is 5.31. The molecule has 0 heterocycles. The van der Waals surface area contributed by atoms with Crippen LogP contribution in [0.25, 0.3) is 0 Å². The van der Waals surface area contributed by atoms with Crippen LogP contribution in [0.1, 0.15) is 336 Å².